The predicted molar refractivity (Wildman–Crippen MR) is 47.7 cm³/mol. The molecule has 0 fully saturated rings. The molecule has 1 heterocycles. The summed E-state index contributed by atoms with van der Waals surface area (Å²) < 4.78 is 25.1. The number of thiazole rings is 1. The van der Waals surface area contributed by atoms with Crippen molar-refractivity contribution in [1.82, 2.24) is 9.71 Å². The van der Waals surface area contributed by atoms with Crippen molar-refractivity contribution in [1.29, 1.82) is 0 Å². The van der Waals surface area contributed by atoms with Crippen LogP contribution < -0.4 is 4.72 Å². The van der Waals surface area contributed by atoms with Gasteiger partial charge in [-0.3, -0.25) is 0 Å². The first-order valence-electron chi connectivity index (χ1n) is 3.48. The number of aromatic nitrogens is 1. The van der Waals surface area contributed by atoms with Crippen molar-refractivity contribution in [2.24, 2.45) is 0 Å². The molecule has 0 spiro atoms. The van der Waals surface area contributed by atoms with Crippen molar-refractivity contribution in [2.45, 2.75) is 18.2 Å². The number of hydrogen-bond donors (Lipinski definition) is 1. The molecule has 6 heteroatoms. The molecule has 0 radical (unpaired) electrons. The number of sulfonamides is 1. The first-order valence-corrected chi connectivity index (χ1v) is 5.84. The van der Waals surface area contributed by atoms with Crippen molar-refractivity contribution in [3.05, 3.63) is 11.1 Å². The predicted octanol–water partition coefficient (Wildman–Crippen LogP) is 0.750. The molecule has 0 saturated carbocycles. The van der Waals surface area contributed by atoms with Gasteiger partial charge in [-0.25, -0.2) is 18.1 Å². The molecule has 68 valence electrons. The van der Waals surface area contributed by atoms with Gasteiger partial charge < -0.3 is 0 Å². The van der Waals surface area contributed by atoms with E-state index in [1.165, 1.54) is 0 Å². The fraction of sp³-hybridized carbons (Fsp3) is 0.500. The second kappa shape index (κ2) is 3.51. The summed E-state index contributed by atoms with van der Waals surface area (Å²) in [7, 11) is -3.33. The number of aryl methyl sites for hydroxylation is 1. The summed E-state index contributed by atoms with van der Waals surface area (Å²) in [6, 6.07) is 0. The molecule has 1 rings (SSSR count). The van der Waals surface area contributed by atoms with Gasteiger partial charge in [0.05, 0.1) is 0 Å². The van der Waals surface area contributed by atoms with Crippen molar-refractivity contribution in [2.75, 3.05) is 6.54 Å². The maximum absolute atomic E-state index is 11.3. The van der Waals surface area contributed by atoms with E-state index in [0.717, 1.165) is 17.0 Å². The molecule has 0 aliphatic carbocycles. The molecule has 0 amide bonds. The van der Waals surface area contributed by atoms with Crippen LogP contribution in [0.5, 0.6) is 0 Å². The molecule has 0 aromatic carbocycles. The van der Waals surface area contributed by atoms with Gasteiger partial charge >= 0.3 is 0 Å². The number of nitrogens with zero attached hydrogens (tertiary/aromatic N) is 1. The van der Waals surface area contributed by atoms with E-state index in [4.69, 9.17) is 0 Å². The summed E-state index contributed by atoms with van der Waals surface area (Å²) in [5.74, 6) is 0. The van der Waals surface area contributed by atoms with Gasteiger partial charge in [0.1, 0.15) is 0 Å². The van der Waals surface area contributed by atoms with Gasteiger partial charge in [0.15, 0.2) is 0 Å². The zero-order valence-electron chi connectivity index (χ0n) is 6.86. The minimum atomic E-state index is -3.33. The summed E-state index contributed by atoms with van der Waals surface area (Å²) in [5, 5.41) is 1.71. The minimum Gasteiger partial charge on any atom is -0.229 e. The summed E-state index contributed by atoms with van der Waals surface area (Å²) in [5.41, 5.74) is 0.733. The van der Waals surface area contributed by atoms with Crippen molar-refractivity contribution in [3.63, 3.8) is 0 Å². The van der Waals surface area contributed by atoms with Gasteiger partial charge in [-0.05, 0) is 6.92 Å². The molecule has 1 aromatic heterocycles. The maximum Gasteiger partial charge on any atom is 0.267 e. The van der Waals surface area contributed by atoms with E-state index in [1.54, 1.807) is 19.2 Å². The van der Waals surface area contributed by atoms with Gasteiger partial charge in [0, 0.05) is 17.6 Å². The van der Waals surface area contributed by atoms with Crippen LogP contribution in [0.25, 0.3) is 0 Å². The van der Waals surface area contributed by atoms with E-state index in [9.17, 15) is 8.42 Å². The Hall–Kier alpha value is -0.460. The summed E-state index contributed by atoms with van der Waals surface area (Å²) in [4.78, 5) is 3.87. The molecular weight excluding hydrogens is 196 g/mol. The van der Waals surface area contributed by atoms with Gasteiger partial charge in [-0.1, -0.05) is 6.92 Å². The van der Waals surface area contributed by atoms with E-state index in [0.29, 0.717) is 6.54 Å². The number of hydrogen-bond acceptors (Lipinski definition) is 4. The zero-order valence-corrected chi connectivity index (χ0v) is 8.50. The number of rotatable bonds is 3. The van der Waals surface area contributed by atoms with Crippen LogP contribution in [0.3, 0.4) is 0 Å². The lowest BCUT2D eigenvalue weighted by atomic mass is 10.6. The number of nitrogens with one attached hydrogen (secondary N) is 1. The quantitative estimate of drug-likeness (QED) is 0.794. The second-order valence-corrected chi connectivity index (χ2v) is 5.05. The summed E-state index contributed by atoms with van der Waals surface area (Å²) in [6.07, 6.45) is 0. The fourth-order valence-electron chi connectivity index (χ4n) is 0.708. The Morgan fingerprint density at radius 1 is 1.67 bits per heavy atom. The molecule has 0 aliphatic heterocycles. The average Bonchev–Trinajstić information content (AvgIpc) is 2.36. The lowest BCUT2D eigenvalue weighted by Gasteiger charge is -1.97. The molecular formula is C6H10N2O2S2. The Bertz CT molecular complexity index is 355. The van der Waals surface area contributed by atoms with Crippen molar-refractivity contribution >= 4 is 21.4 Å². The van der Waals surface area contributed by atoms with E-state index in [2.05, 4.69) is 9.71 Å². The van der Waals surface area contributed by atoms with Crippen LogP contribution in [0.4, 0.5) is 0 Å². The third-order valence-electron chi connectivity index (χ3n) is 1.16. The topological polar surface area (TPSA) is 59.1 Å². The molecule has 1 aromatic rings. The van der Waals surface area contributed by atoms with E-state index >= 15 is 0 Å². The van der Waals surface area contributed by atoms with Crippen molar-refractivity contribution in [3.8, 4) is 0 Å². The van der Waals surface area contributed by atoms with Crippen LogP contribution in [0.1, 0.15) is 12.6 Å². The van der Waals surface area contributed by atoms with Crippen molar-refractivity contribution < 1.29 is 8.42 Å². The molecule has 4 nitrogen and oxygen atoms in total. The largest absolute Gasteiger partial charge is 0.267 e. The molecule has 0 aliphatic rings. The Balaban J connectivity index is 2.98. The Morgan fingerprint density at radius 2 is 2.33 bits per heavy atom. The summed E-state index contributed by atoms with van der Waals surface area (Å²) in [6.45, 7) is 3.89. The van der Waals surface area contributed by atoms with Crippen LogP contribution in [0.15, 0.2) is 9.72 Å². The highest BCUT2D eigenvalue weighted by Crippen LogP contribution is 2.14. The molecule has 0 bridgehead atoms. The van der Waals surface area contributed by atoms with Gasteiger partial charge in [0.2, 0.25) is 4.34 Å². The summed E-state index contributed by atoms with van der Waals surface area (Å²) >= 11 is 1.13. The average molecular weight is 206 g/mol. The highest BCUT2D eigenvalue weighted by Gasteiger charge is 2.15. The normalized spacial score (nSPS) is 11.8. The van der Waals surface area contributed by atoms with E-state index in [1.807, 2.05) is 0 Å². The van der Waals surface area contributed by atoms with Gasteiger partial charge in [-0.2, -0.15) is 0 Å². The fourth-order valence-corrected chi connectivity index (χ4v) is 2.82. The first-order chi connectivity index (χ1) is 5.56. The highest BCUT2D eigenvalue weighted by molar-refractivity contribution is 7.91. The van der Waals surface area contributed by atoms with Crippen LogP contribution >= 0.6 is 11.3 Å². The van der Waals surface area contributed by atoms with Gasteiger partial charge in [-0.15, -0.1) is 11.3 Å². The van der Waals surface area contributed by atoms with E-state index in [-0.39, 0.29) is 4.34 Å². The first kappa shape index (κ1) is 9.63. The Labute approximate surface area is 75.7 Å². The Kier molecular flexibility index (Phi) is 2.81. The molecule has 12 heavy (non-hydrogen) atoms. The van der Waals surface area contributed by atoms with Crippen LogP contribution in [-0.2, 0) is 10.0 Å². The molecule has 1 N–H and O–H groups in total. The molecule has 0 unspecified atom stereocenters. The maximum atomic E-state index is 11.3. The standard InChI is InChI=1S/C6H10N2O2S2/c1-3-7-12(9,10)6-8-5(2)4-11-6/h4,7H,3H2,1-2H3. The Morgan fingerprint density at radius 3 is 2.75 bits per heavy atom. The smallest absolute Gasteiger partial charge is 0.229 e. The third-order valence-corrected chi connectivity index (χ3v) is 4.08. The SMILES string of the molecule is CCNS(=O)(=O)c1nc(C)cs1. The van der Waals surface area contributed by atoms with Gasteiger partial charge in [0.25, 0.3) is 10.0 Å². The second-order valence-electron chi connectivity index (χ2n) is 2.26. The minimum absolute atomic E-state index is 0.141. The lowest BCUT2D eigenvalue weighted by Crippen LogP contribution is -2.22. The van der Waals surface area contributed by atoms with E-state index < -0.39 is 10.0 Å². The van der Waals surface area contributed by atoms with Crippen LogP contribution in [0, 0.1) is 6.92 Å². The highest BCUT2D eigenvalue weighted by atomic mass is 32.2. The lowest BCUT2D eigenvalue weighted by molar-refractivity contribution is 0.583. The molecule has 0 atom stereocenters. The monoisotopic (exact) mass is 206 g/mol. The van der Waals surface area contributed by atoms with Crippen LogP contribution in [-0.4, -0.2) is 19.9 Å². The third kappa shape index (κ3) is 2.02. The van der Waals surface area contributed by atoms with Crippen LogP contribution in [0.2, 0.25) is 0 Å². The zero-order chi connectivity index (χ0) is 9.19. The molecule has 0 saturated heterocycles.